The van der Waals surface area contributed by atoms with Gasteiger partial charge in [-0.15, -0.1) is 0 Å². The van der Waals surface area contributed by atoms with Crippen molar-refractivity contribution in [1.82, 2.24) is 10.5 Å². The van der Waals surface area contributed by atoms with Crippen LogP contribution in [0, 0.1) is 19.8 Å². The van der Waals surface area contributed by atoms with E-state index in [1.165, 1.54) is 0 Å². The largest absolute Gasteiger partial charge is 0.361 e. The topological polar surface area (TPSA) is 72.2 Å². The van der Waals surface area contributed by atoms with Gasteiger partial charge < -0.3 is 9.84 Å². The zero-order chi connectivity index (χ0) is 13.2. The fourth-order valence-electron chi connectivity index (χ4n) is 2.41. The molecule has 1 atom stereocenters. The van der Waals surface area contributed by atoms with Crippen molar-refractivity contribution in [3.8, 4) is 0 Å². The first kappa shape index (κ1) is 13.5. The number of nitrogens with one attached hydrogen (secondary N) is 1. The van der Waals surface area contributed by atoms with E-state index in [9.17, 15) is 8.42 Å². The molecule has 18 heavy (non-hydrogen) atoms. The molecule has 1 aromatic rings. The molecule has 0 radical (unpaired) electrons. The highest BCUT2D eigenvalue weighted by Gasteiger charge is 2.24. The average Bonchev–Trinajstić information content (AvgIpc) is 2.61. The van der Waals surface area contributed by atoms with Crippen molar-refractivity contribution in [2.75, 3.05) is 18.8 Å². The number of hydrogen-bond acceptors (Lipinski definition) is 5. The minimum absolute atomic E-state index is 0.0463. The van der Waals surface area contributed by atoms with Crippen LogP contribution in [0.1, 0.15) is 29.9 Å². The highest BCUT2D eigenvalue weighted by molar-refractivity contribution is 7.90. The van der Waals surface area contributed by atoms with Crippen LogP contribution in [0.3, 0.4) is 0 Å². The van der Waals surface area contributed by atoms with Crippen molar-refractivity contribution < 1.29 is 12.9 Å². The Morgan fingerprint density at radius 3 is 2.78 bits per heavy atom. The van der Waals surface area contributed by atoms with Gasteiger partial charge >= 0.3 is 0 Å². The molecule has 5 nitrogen and oxygen atoms in total. The van der Waals surface area contributed by atoms with E-state index in [-0.39, 0.29) is 17.4 Å². The van der Waals surface area contributed by atoms with Crippen LogP contribution in [0.25, 0.3) is 0 Å². The maximum atomic E-state index is 12.2. The first-order valence-corrected chi connectivity index (χ1v) is 8.13. The minimum Gasteiger partial charge on any atom is -0.361 e. The summed E-state index contributed by atoms with van der Waals surface area (Å²) < 4.78 is 29.4. The normalized spacial score (nSPS) is 21.1. The molecule has 0 aromatic carbocycles. The van der Waals surface area contributed by atoms with E-state index >= 15 is 0 Å². The molecular weight excluding hydrogens is 252 g/mol. The van der Waals surface area contributed by atoms with Gasteiger partial charge in [0.05, 0.1) is 17.2 Å². The van der Waals surface area contributed by atoms with Crippen LogP contribution in [0.2, 0.25) is 0 Å². The van der Waals surface area contributed by atoms with E-state index in [0.717, 1.165) is 31.5 Å². The first-order chi connectivity index (χ1) is 8.48. The monoisotopic (exact) mass is 272 g/mol. The lowest BCUT2D eigenvalue weighted by Gasteiger charge is -2.22. The van der Waals surface area contributed by atoms with E-state index in [1.54, 1.807) is 13.8 Å². The van der Waals surface area contributed by atoms with Gasteiger partial charge in [0.25, 0.3) is 0 Å². The molecule has 1 unspecified atom stereocenters. The van der Waals surface area contributed by atoms with Crippen LogP contribution >= 0.6 is 0 Å². The number of nitrogens with zero attached hydrogens (tertiary/aromatic N) is 1. The van der Waals surface area contributed by atoms with Gasteiger partial charge in [0, 0.05) is 5.56 Å². The lowest BCUT2D eigenvalue weighted by Crippen LogP contribution is -2.34. The number of hydrogen-bond donors (Lipinski definition) is 1. The van der Waals surface area contributed by atoms with Gasteiger partial charge in [0.1, 0.15) is 5.76 Å². The maximum absolute atomic E-state index is 12.2. The first-order valence-electron chi connectivity index (χ1n) is 6.31. The number of aryl methyl sites for hydroxylation is 2. The van der Waals surface area contributed by atoms with Crippen molar-refractivity contribution in [3.63, 3.8) is 0 Å². The molecule has 1 aliphatic heterocycles. The molecule has 2 heterocycles. The van der Waals surface area contributed by atoms with Crippen molar-refractivity contribution in [3.05, 3.63) is 17.0 Å². The lowest BCUT2D eigenvalue weighted by atomic mass is 10.0. The van der Waals surface area contributed by atoms with Gasteiger partial charge in [-0.05, 0) is 45.7 Å². The Balaban J connectivity index is 2.03. The zero-order valence-electron chi connectivity index (χ0n) is 10.9. The summed E-state index contributed by atoms with van der Waals surface area (Å²) in [6.07, 6.45) is 2.05. The second-order valence-corrected chi connectivity index (χ2v) is 7.18. The summed E-state index contributed by atoms with van der Waals surface area (Å²) in [5, 5.41) is 7.04. The lowest BCUT2D eigenvalue weighted by molar-refractivity contribution is 0.392. The second kappa shape index (κ2) is 5.40. The maximum Gasteiger partial charge on any atom is 0.154 e. The highest BCUT2D eigenvalue weighted by atomic mass is 32.2. The van der Waals surface area contributed by atoms with Crippen molar-refractivity contribution >= 4 is 9.84 Å². The fraction of sp³-hybridized carbons (Fsp3) is 0.750. The van der Waals surface area contributed by atoms with Gasteiger partial charge in [-0.1, -0.05) is 5.16 Å². The molecule has 1 fully saturated rings. The quantitative estimate of drug-likeness (QED) is 0.892. The van der Waals surface area contributed by atoms with E-state index < -0.39 is 9.84 Å². The molecular formula is C12H20N2O3S. The number of rotatable bonds is 4. The molecule has 6 heteroatoms. The third-order valence-corrected chi connectivity index (χ3v) is 5.14. The van der Waals surface area contributed by atoms with Gasteiger partial charge in [0.15, 0.2) is 9.84 Å². The zero-order valence-corrected chi connectivity index (χ0v) is 11.7. The van der Waals surface area contributed by atoms with Crippen LogP contribution in [-0.2, 0) is 15.6 Å². The van der Waals surface area contributed by atoms with Gasteiger partial charge in [-0.25, -0.2) is 8.42 Å². The second-order valence-electron chi connectivity index (χ2n) is 5.07. The summed E-state index contributed by atoms with van der Waals surface area (Å²) >= 11 is 0. The van der Waals surface area contributed by atoms with E-state index in [0.29, 0.717) is 11.5 Å². The summed E-state index contributed by atoms with van der Waals surface area (Å²) in [7, 11) is -3.09. The van der Waals surface area contributed by atoms with E-state index in [4.69, 9.17) is 4.52 Å². The van der Waals surface area contributed by atoms with E-state index in [1.807, 2.05) is 0 Å². The molecule has 1 aromatic heterocycles. The smallest absolute Gasteiger partial charge is 0.154 e. The van der Waals surface area contributed by atoms with Crippen LogP contribution in [0.5, 0.6) is 0 Å². The van der Waals surface area contributed by atoms with Gasteiger partial charge in [0.2, 0.25) is 0 Å². The molecule has 0 saturated carbocycles. The molecule has 0 aliphatic carbocycles. The third-order valence-electron chi connectivity index (χ3n) is 3.43. The Morgan fingerprint density at radius 2 is 2.22 bits per heavy atom. The fourth-order valence-corrected chi connectivity index (χ4v) is 4.38. The van der Waals surface area contributed by atoms with Crippen molar-refractivity contribution in [2.45, 2.75) is 32.4 Å². The van der Waals surface area contributed by atoms with Crippen molar-refractivity contribution in [1.29, 1.82) is 0 Å². The van der Waals surface area contributed by atoms with Crippen LogP contribution in [0.4, 0.5) is 0 Å². The molecule has 0 spiro atoms. The van der Waals surface area contributed by atoms with Crippen LogP contribution < -0.4 is 5.32 Å². The SMILES string of the molecule is Cc1noc(C)c1CS(=O)(=O)CC1CCCNC1. The Morgan fingerprint density at radius 1 is 1.44 bits per heavy atom. The molecule has 1 saturated heterocycles. The van der Waals surface area contributed by atoms with E-state index in [2.05, 4.69) is 10.5 Å². The Bertz CT molecular complexity index is 482. The summed E-state index contributed by atoms with van der Waals surface area (Å²) in [6, 6.07) is 0. The minimum atomic E-state index is -3.09. The van der Waals surface area contributed by atoms with Gasteiger partial charge in [-0.3, -0.25) is 0 Å². The Kier molecular flexibility index (Phi) is 4.07. The molecule has 2 rings (SSSR count). The number of sulfone groups is 1. The number of piperidine rings is 1. The molecule has 1 N–H and O–H groups in total. The van der Waals surface area contributed by atoms with Crippen LogP contribution in [0.15, 0.2) is 4.52 Å². The molecule has 0 bridgehead atoms. The summed E-state index contributed by atoms with van der Waals surface area (Å²) in [5.74, 6) is 1.15. The molecule has 0 amide bonds. The van der Waals surface area contributed by atoms with Crippen LogP contribution in [-0.4, -0.2) is 32.4 Å². The molecule has 102 valence electrons. The average molecular weight is 272 g/mol. The highest BCUT2D eigenvalue weighted by Crippen LogP contribution is 2.19. The summed E-state index contributed by atoms with van der Waals surface area (Å²) in [5.41, 5.74) is 1.40. The Hall–Kier alpha value is -0.880. The predicted octanol–water partition coefficient (Wildman–Crippen LogP) is 1.21. The Labute approximate surface area is 108 Å². The third kappa shape index (κ3) is 3.32. The van der Waals surface area contributed by atoms with Crippen molar-refractivity contribution in [2.24, 2.45) is 5.92 Å². The van der Waals surface area contributed by atoms with Gasteiger partial charge in [-0.2, -0.15) is 0 Å². The number of aromatic nitrogens is 1. The summed E-state index contributed by atoms with van der Waals surface area (Å²) in [6.45, 7) is 5.35. The standard InChI is InChI=1S/C12H20N2O3S/c1-9-12(10(2)17-14-9)8-18(15,16)7-11-4-3-5-13-6-11/h11,13H,3-8H2,1-2H3. The summed E-state index contributed by atoms with van der Waals surface area (Å²) in [4.78, 5) is 0. The molecule has 1 aliphatic rings. The predicted molar refractivity (Wildman–Crippen MR) is 69.1 cm³/mol.